The van der Waals surface area contributed by atoms with Crippen molar-refractivity contribution in [1.29, 1.82) is 0 Å². The summed E-state index contributed by atoms with van der Waals surface area (Å²) in [5.41, 5.74) is 4.60. The third-order valence-corrected chi connectivity index (χ3v) is 6.71. The fourth-order valence-corrected chi connectivity index (χ4v) is 5.08. The van der Waals surface area contributed by atoms with Crippen LogP contribution in [0.5, 0.6) is 0 Å². The second-order valence-electron chi connectivity index (χ2n) is 6.45. The van der Waals surface area contributed by atoms with E-state index in [9.17, 15) is 4.79 Å². The van der Waals surface area contributed by atoms with Gasteiger partial charge in [0.2, 0.25) is 10.6 Å². The number of halogens is 2. The molecule has 7 nitrogen and oxygen atoms in total. The van der Waals surface area contributed by atoms with Gasteiger partial charge in [-0.25, -0.2) is 24.7 Å². The van der Waals surface area contributed by atoms with E-state index in [1.807, 2.05) is 31.5 Å². The van der Waals surface area contributed by atoms with E-state index in [2.05, 4.69) is 26.5 Å². The minimum absolute atomic E-state index is 0.0667. The van der Waals surface area contributed by atoms with Gasteiger partial charge in [0.15, 0.2) is 5.69 Å². The van der Waals surface area contributed by atoms with Gasteiger partial charge in [-0.3, -0.25) is 0 Å². The third-order valence-electron chi connectivity index (χ3n) is 4.18. The molecule has 0 N–H and O–H groups in total. The first-order chi connectivity index (χ1) is 15.3. The van der Waals surface area contributed by atoms with Gasteiger partial charge in [-0.2, -0.15) is 0 Å². The lowest BCUT2D eigenvalue weighted by molar-refractivity contribution is 0.0522. The molecular formula is C21H20Cl2N4O3S2. The van der Waals surface area contributed by atoms with Crippen molar-refractivity contribution in [2.24, 2.45) is 0 Å². The van der Waals surface area contributed by atoms with E-state index < -0.39 is 5.97 Å². The van der Waals surface area contributed by atoms with Gasteiger partial charge < -0.3 is 9.47 Å². The molecule has 0 saturated heterocycles. The zero-order valence-corrected chi connectivity index (χ0v) is 21.0. The number of hydrogen-bond donors (Lipinski definition) is 0. The van der Waals surface area contributed by atoms with Crippen LogP contribution in [-0.4, -0.2) is 39.1 Å². The van der Waals surface area contributed by atoms with Gasteiger partial charge in [0, 0.05) is 0 Å². The number of aromatic nitrogens is 4. The number of aryl methyl sites for hydroxylation is 2. The Kier molecular flexibility index (Phi) is 8.00. The second kappa shape index (κ2) is 10.5. The van der Waals surface area contributed by atoms with Crippen LogP contribution in [0, 0.1) is 13.8 Å². The minimum atomic E-state index is -0.460. The van der Waals surface area contributed by atoms with Crippen LogP contribution in [0.2, 0.25) is 10.6 Å². The molecular weight excluding hydrogens is 491 g/mol. The molecule has 32 heavy (non-hydrogen) atoms. The summed E-state index contributed by atoms with van der Waals surface area (Å²) in [5.74, 6) is 0.0808. The first kappa shape index (κ1) is 24.3. The predicted molar refractivity (Wildman–Crippen MR) is 131 cm³/mol. The van der Waals surface area contributed by atoms with E-state index >= 15 is 0 Å². The van der Waals surface area contributed by atoms with Crippen molar-refractivity contribution in [3.63, 3.8) is 0 Å². The second-order valence-corrected chi connectivity index (χ2v) is 8.89. The quantitative estimate of drug-likeness (QED) is 0.172. The van der Waals surface area contributed by atoms with Crippen molar-refractivity contribution in [2.75, 3.05) is 13.2 Å². The highest BCUT2D eigenvalue weighted by Crippen LogP contribution is 2.31. The van der Waals surface area contributed by atoms with Crippen molar-refractivity contribution < 1.29 is 14.3 Å². The smallest absolute Gasteiger partial charge is 0.358 e. The Morgan fingerprint density at radius 1 is 0.875 bits per heavy atom. The zero-order valence-electron chi connectivity index (χ0n) is 17.9. The topological polar surface area (TPSA) is 87.1 Å². The Bertz CT molecular complexity index is 1200. The molecule has 0 saturated carbocycles. The first-order valence-electron chi connectivity index (χ1n) is 9.58. The number of fused-ring (bicyclic) bond motifs is 2. The maximum atomic E-state index is 11.7. The molecule has 0 atom stereocenters. The van der Waals surface area contributed by atoms with E-state index in [0.29, 0.717) is 30.2 Å². The fraction of sp³-hybridized carbons (Fsp3) is 0.286. The molecule has 0 aliphatic heterocycles. The molecule has 168 valence electrons. The van der Waals surface area contributed by atoms with Gasteiger partial charge >= 0.3 is 5.97 Å². The summed E-state index contributed by atoms with van der Waals surface area (Å²) in [6, 6.07) is 0. The van der Waals surface area contributed by atoms with Crippen LogP contribution in [0.25, 0.3) is 26.2 Å². The number of thiophene rings is 2. The highest BCUT2D eigenvalue weighted by molar-refractivity contribution is 7.18. The maximum Gasteiger partial charge on any atom is 0.358 e. The summed E-state index contributed by atoms with van der Waals surface area (Å²) < 4.78 is 12.0. The molecule has 11 heteroatoms. The number of nitrogens with zero attached hydrogens (tertiary/aromatic N) is 4. The van der Waals surface area contributed by atoms with Gasteiger partial charge in [-0.05, 0) is 72.8 Å². The monoisotopic (exact) mass is 510 g/mol. The lowest BCUT2D eigenvalue weighted by Crippen LogP contribution is -2.08. The average molecular weight is 511 g/mol. The van der Waals surface area contributed by atoms with Crippen LogP contribution in [0.3, 0.4) is 0 Å². The molecule has 0 spiro atoms. The largest absolute Gasteiger partial charge is 0.492 e. The van der Waals surface area contributed by atoms with Crippen LogP contribution in [0.1, 0.15) is 41.2 Å². The van der Waals surface area contributed by atoms with Crippen molar-refractivity contribution in [1.82, 2.24) is 19.9 Å². The van der Waals surface area contributed by atoms with Gasteiger partial charge in [-0.15, -0.1) is 22.7 Å². The molecule has 4 heterocycles. The van der Waals surface area contributed by atoms with Crippen molar-refractivity contribution in [2.45, 2.75) is 27.7 Å². The van der Waals surface area contributed by atoms with Crippen LogP contribution in [0.15, 0.2) is 17.3 Å². The third kappa shape index (κ3) is 5.17. The summed E-state index contributed by atoms with van der Waals surface area (Å²) in [6.45, 7) is 12.3. The molecule has 4 rings (SSSR count). The molecule has 0 aliphatic carbocycles. The summed E-state index contributed by atoms with van der Waals surface area (Å²) >= 11 is 14.7. The average Bonchev–Trinajstić information content (AvgIpc) is 3.31. The van der Waals surface area contributed by atoms with E-state index in [1.165, 1.54) is 11.3 Å². The molecule has 4 aromatic heterocycles. The van der Waals surface area contributed by atoms with Crippen LogP contribution in [0.4, 0.5) is 0 Å². The zero-order chi connectivity index (χ0) is 23.4. The highest BCUT2D eigenvalue weighted by atomic mass is 35.5. The molecule has 0 bridgehead atoms. The standard InChI is InChI=1S/C11H11ClN2OS.C10H9ClN2O2S/c1-4-15-7(3)9-10-8(6(2)5-16-10)13-11(12)14-9;1-3-15-9(14)7-8-6(5(2)4-16-8)12-10(11)13-7/h5H,3-4H2,1-2H3;4H,3H2,1-2H3. The Morgan fingerprint density at radius 2 is 1.34 bits per heavy atom. The van der Waals surface area contributed by atoms with E-state index in [4.69, 9.17) is 32.7 Å². The van der Waals surface area contributed by atoms with Crippen LogP contribution < -0.4 is 0 Å². The van der Waals surface area contributed by atoms with Crippen molar-refractivity contribution in [3.8, 4) is 0 Å². The van der Waals surface area contributed by atoms with Gasteiger partial charge in [0.1, 0.15) is 11.5 Å². The van der Waals surface area contributed by atoms with E-state index in [1.54, 1.807) is 18.3 Å². The van der Waals surface area contributed by atoms with Gasteiger partial charge in [0.05, 0.1) is 33.6 Å². The Morgan fingerprint density at radius 3 is 1.84 bits per heavy atom. The van der Waals surface area contributed by atoms with Gasteiger partial charge in [0.25, 0.3) is 0 Å². The molecule has 4 aromatic rings. The SMILES string of the molecule is C=C(OCC)c1nc(Cl)nc2c(C)csc12.CCOC(=O)c1nc(Cl)nc2c(C)csc12. The summed E-state index contributed by atoms with van der Waals surface area (Å²) in [5, 5.41) is 4.23. The number of rotatable bonds is 5. The number of hydrogen-bond acceptors (Lipinski definition) is 9. The Balaban J connectivity index is 0.000000181. The molecule has 0 unspecified atom stereocenters. The maximum absolute atomic E-state index is 11.7. The van der Waals surface area contributed by atoms with Crippen LogP contribution in [-0.2, 0) is 9.47 Å². The normalized spacial score (nSPS) is 10.7. The molecule has 0 aromatic carbocycles. The Hall–Kier alpha value is -2.33. The summed E-state index contributed by atoms with van der Waals surface area (Å²) in [6.07, 6.45) is 0. The first-order valence-corrected chi connectivity index (χ1v) is 12.1. The fourth-order valence-electron chi connectivity index (χ4n) is 2.78. The lowest BCUT2D eigenvalue weighted by atomic mass is 10.2. The van der Waals surface area contributed by atoms with Crippen LogP contribution >= 0.6 is 45.9 Å². The van der Waals surface area contributed by atoms with E-state index in [-0.39, 0.29) is 16.3 Å². The number of carbonyl (C=O) groups is 1. The molecule has 0 aliphatic rings. The van der Waals surface area contributed by atoms with E-state index in [0.717, 1.165) is 26.0 Å². The Labute approximate surface area is 203 Å². The number of carbonyl (C=O) groups excluding carboxylic acids is 1. The molecule has 0 radical (unpaired) electrons. The van der Waals surface area contributed by atoms with Crippen molar-refractivity contribution in [3.05, 3.63) is 50.4 Å². The predicted octanol–water partition coefficient (Wildman–Crippen LogP) is 6.49. The summed E-state index contributed by atoms with van der Waals surface area (Å²) in [4.78, 5) is 28.1. The highest BCUT2D eigenvalue weighted by Gasteiger charge is 2.18. The molecule has 0 fully saturated rings. The lowest BCUT2D eigenvalue weighted by Gasteiger charge is -2.07. The van der Waals surface area contributed by atoms with Gasteiger partial charge in [-0.1, -0.05) is 6.58 Å². The molecule has 0 amide bonds. The minimum Gasteiger partial charge on any atom is -0.492 e. The van der Waals surface area contributed by atoms with Crippen molar-refractivity contribution >= 4 is 78.0 Å². The summed E-state index contributed by atoms with van der Waals surface area (Å²) in [7, 11) is 0. The number of esters is 1. The number of ether oxygens (including phenoxy) is 2.